The second-order valence-corrected chi connectivity index (χ2v) is 7.48. The number of likely N-dealkylation sites (N-methyl/N-ethyl adjacent to an activating group) is 1. The molecule has 0 spiro atoms. The predicted molar refractivity (Wildman–Crippen MR) is 98.4 cm³/mol. The lowest BCUT2D eigenvalue weighted by molar-refractivity contribution is 0.113. The quantitative estimate of drug-likeness (QED) is 0.913. The first-order chi connectivity index (χ1) is 12.0. The Labute approximate surface area is 149 Å². The number of halogens is 1. The molecule has 1 aromatic rings. The molecule has 2 aliphatic heterocycles. The highest BCUT2D eigenvalue weighted by atomic mass is 19.1. The number of piperidine rings is 1. The van der Waals surface area contributed by atoms with Crippen molar-refractivity contribution >= 4 is 11.7 Å². The Bertz CT molecular complexity index is 573. The number of piperazine rings is 1. The third kappa shape index (κ3) is 5.16. The van der Waals surface area contributed by atoms with Gasteiger partial charge in [-0.3, -0.25) is 0 Å². The van der Waals surface area contributed by atoms with Crippen LogP contribution in [0.1, 0.15) is 18.4 Å². The minimum absolute atomic E-state index is 0.122. The van der Waals surface area contributed by atoms with Crippen molar-refractivity contribution in [3.05, 3.63) is 29.6 Å². The first kappa shape index (κ1) is 18.1. The number of aryl methyl sites for hydroxylation is 1. The van der Waals surface area contributed by atoms with Crippen molar-refractivity contribution in [2.75, 3.05) is 58.2 Å². The molecule has 2 aliphatic rings. The lowest BCUT2D eigenvalue weighted by atomic mass is 9.96. The van der Waals surface area contributed by atoms with Gasteiger partial charge in [0, 0.05) is 51.5 Å². The van der Waals surface area contributed by atoms with Gasteiger partial charge in [0.1, 0.15) is 5.82 Å². The summed E-state index contributed by atoms with van der Waals surface area (Å²) in [6.45, 7) is 9.11. The Morgan fingerprint density at radius 2 is 1.80 bits per heavy atom. The van der Waals surface area contributed by atoms with E-state index in [1.807, 2.05) is 11.8 Å². The molecule has 25 heavy (non-hydrogen) atoms. The highest BCUT2D eigenvalue weighted by molar-refractivity contribution is 5.89. The number of nitrogens with zero attached hydrogens (tertiary/aromatic N) is 3. The second kappa shape index (κ2) is 8.15. The van der Waals surface area contributed by atoms with Gasteiger partial charge >= 0.3 is 6.03 Å². The molecule has 1 aromatic carbocycles. The van der Waals surface area contributed by atoms with E-state index in [0.29, 0.717) is 11.6 Å². The van der Waals surface area contributed by atoms with E-state index in [1.165, 1.54) is 12.1 Å². The summed E-state index contributed by atoms with van der Waals surface area (Å²) in [7, 11) is 2.18. The van der Waals surface area contributed by atoms with Crippen LogP contribution in [0.2, 0.25) is 0 Å². The highest BCUT2D eigenvalue weighted by Crippen LogP contribution is 2.20. The minimum atomic E-state index is -0.318. The van der Waals surface area contributed by atoms with Gasteiger partial charge in [-0.2, -0.15) is 0 Å². The highest BCUT2D eigenvalue weighted by Gasteiger charge is 2.25. The lowest BCUT2D eigenvalue weighted by Crippen LogP contribution is -2.48. The van der Waals surface area contributed by atoms with Crippen molar-refractivity contribution in [1.82, 2.24) is 14.7 Å². The van der Waals surface area contributed by atoms with Crippen molar-refractivity contribution < 1.29 is 9.18 Å². The Morgan fingerprint density at radius 1 is 1.12 bits per heavy atom. The van der Waals surface area contributed by atoms with E-state index in [4.69, 9.17) is 0 Å². The summed E-state index contributed by atoms with van der Waals surface area (Å²) in [6.07, 6.45) is 2.09. The second-order valence-electron chi connectivity index (χ2n) is 7.48. The smallest absolute Gasteiger partial charge is 0.321 e. The molecule has 0 atom stereocenters. The Morgan fingerprint density at radius 3 is 2.44 bits per heavy atom. The first-order valence-corrected chi connectivity index (χ1v) is 9.23. The Balaban J connectivity index is 1.44. The number of urea groups is 1. The summed E-state index contributed by atoms with van der Waals surface area (Å²) < 4.78 is 13.4. The normalized spacial score (nSPS) is 20.7. The molecule has 0 saturated carbocycles. The van der Waals surface area contributed by atoms with Gasteiger partial charge in [0.15, 0.2) is 0 Å². The maximum absolute atomic E-state index is 13.4. The number of amides is 2. The molecular formula is C19H29FN4O. The van der Waals surface area contributed by atoms with Crippen LogP contribution in [0.15, 0.2) is 18.2 Å². The standard InChI is InChI=1S/C19H29FN4O/c1-15-11-17(20)13-18(12-15)21-19(25)24-5-3-16(4-6-24)14-23-9-7-22(2)8-10-23/h11-13,16H,3-10,14H2,1-2H3,(H,21,25). The molecule has 2 amide bonds. The van der Waals surface area contributed by atoms with Crippen LogP contribution in [0.3, 0.4) is 0 Å². The summed E-state index contributed by atoms with van der Waals surface area (Å²) in [5.41, 5.74) is 1.34. The van der Waals surface area contributed by atoms with Crippen molar-refractivity contribution in [3.63, 3.8) is 0 Å². The number of hydrogen-bond donors (Lipinski definition) is 1. The molecule has 0 bridgehead atoms. The molecule has 6 heteroatoms. The molecule has 2 fully saturated rings. The van der Waals surface area contributed by atoms with E-state index < -0.39 is 0 Å². The number of hydrogen-bond acceptors (Lipinski definition) is 3. The summed E-state index contributed by atoms with van der Waals surface area (Å²) in [6, 6.07) is 4.49. The Hall–Kier alpha value is -1.66. The van der Waals surface area contributed by atoms with Gasteiger partial charge in [-0.1, -0.05) is 0 Å². The maximum Gasteiger partial charge on any atom is 0.321 e. The van der Waals surface area contributed by atoms with Crippen molar-refractivity contribution in [3.8, 4) is 0 Å². The van der Waals surface area contributed by atoms with E-state index in [2.05, 4.69) is 22.2 Å². The van der Waals surface area contributed by atoms with Crippen LogP contribution in [0.5, 0.6) is 0 Å². The van der Waals surface area contributed by atoms with Crippen LogP contribution in [0, 0.1) is 18.7 Å². The fourth-order valence-corrected chi connectivity index (χ4v) is 3.73. The molecule has 138 valence electrons. The van der Waals surface area contributed by atoms with Gasteiger partial charge in [-0.25, -0.2) is 9.18 Å². The first-order valence-electron chi connectivity index (χ1n) is 9.23. The summed E-state index contributed by atoms with van der Waals surface area (Å²) in [5.74, 6) is 0.352. The fourth-order valence-electron chi connectivity index (χ4n) is 3.73. The summed E-state index contributed by atoms with van der Waals surface area (Å²) >= 11 is 0. The molecule has 0 aliphatic carbocycles. The SMILES string of the molecule is Cc1cc(F)cc(NC(=O)N2CCC(CN3CCN(C)CC3)CC2)c1. The van der Waals surface area contributed by atoms with Gasteiger partial charge in [-0.15, -0.1) is 0 Å². The number of carbonyl (C=O) groups excluding carboxylic acids is 1. The van der Waals surface area contributed by atoms with Crippen LogP contribution >= 0.6 is 0 Å². The van der Waals surface area contributed by atoms with Crippen LogP contribution in [0.25, 0.3) is 0 Å². The van der Waals surface area contributed by atoms with E-state index in [1.54, 1.807) is 6.07 Å². The molecule has 2 saturated heterocycles. The van der Waals surface area contributed by atoms with Crippen molar-refractivity contribution in [2.24, 2.45) is 5.92 Å². The number of rotatable bonds is 3. The number of anilines is 1. The number of likely N-dealkylation sites (tertiary alicyclic amines) is 1. The Kier molecular flexibility index (Phi) is 5.91. The topological polar surface area (TPSA) is 38.8 Å². The number of carbonyl (C=O) groups is 1. The molecule has 0 radical (unpaired) electrons. The van der Waals surface area contributed by atoms with Gasteiger partial charge in [0.05, 0.1) is 0 Å². The molecule has 2 heterocycles. The predicted octanol–water partition coefficient (Wildman–Crippen LogP) is 2.63. The third-order valence-electron chi connectivity index (χ3n) is 5.31. The van der Waals surface area contributed by atoms with Crippen LogP contribution in [-0.2, 0) is 0 Å². The van der Waals surface area contributed by atoms with E-state index in [-0.39, 0.29) is 11.8 Å². The van der Waals surface area contributed by atoms with Crippen LogP contribution in [0.4, 0.5) is 14.9 Å². The van der Waals surface area contributed by atoms with E-state index in [0.717, 1.165) is 64.2 Å². The van der Waals surface area contributed by atoms with Crippen molar-refractivity contribution in [1.29, 1.82) is 0 Å². The molecule has 3 rings (SSSR count). The van der Waals surface area contributed by atoms with Crippen LogP contribution in [-0.4, -0.2) is 73.6 Å². The maximum atomic E-state index is 13.4. The molecule has 5 nitrogen and oxygen atoms in total. The molecule has 1 N–H and O–H groups in total. The van der Waals surface area contributed by atoms with E-state index in [9.17, 15) is 9.18 Å². The largest absolute Gasteiger partial charge is 0.325 e. The van der Waals surface area contributed by atoms with Gasteiger partial charge in [0.25, 0.3) is 0 Å². The average Bonchev–Trinajstić information content (AvgIpc) is 2.56. The number of nitrogens with one attached hydrogen (secondary N) is 1. The molecule has 0 aromatic heterocycles. The van der Waals surface area contributed by atoms with Gasteiger partial charge < -0.3 is 20.0 Å². The van der Waals surface area contributed by atoms with E-state index >= 15 is 0 Å². The minimum Gasteiger partial charge on any atom is -0.325 e. The van der Waals surface area contributed by atoms with Gasteiger partial charge in [0.2, 0.25) is 0 Å². The zero-order valence-corrected chi connectivity index (χ0v) is 15.3. The molecular weight excluding hydrogens is 319 g/mol. The zero-order chi connectivity index (χ0) is 17.8. The fraction of sp³-hybridized carbons (Fsp3) is 0.632. The van der Waals surface area contributed by atoms with Crippen molar-refractivity contribution in [2.45, 2.75) is 19.8 Å². The number of benzene rings is 1. The van der Waals surface area contributed by atoms with Crippen LogP contribution < -0.4 is 5.32 Å². The zero-order valence-electron chi connectivity index (χ0n) is 15.3. The summed E-state index contributed by atoms with van der Waals surface area (Å²) in [4.78, 5) is 19.2. The molecule has 0 unspecified atom stereocenters. The monoisotopic (exact) mass is 348 g/mol. The summed E-state index contributed by atoms with van der Waals surface area (Å²) in [5, 5.41) is 2.83. The lowest BCUT2D eigenvalue weighted by Gasteiger charge is -2.37. The average molecular weight is 348 g/mol. The third-order valence-corrected chi connectivity index (χ3v) is 5.31. The van der Waals surface area contributed by atoms with Gasteiger partial charge in [-0.05, 0) is 56.5 Å².